The molecule has 0 bridgehead atoms. The summed E-state index contributed by atoms with van der Waals surface area (Å²) in [4.78, 5) is -0.0337. The van der Waals surface area contributed by atoms with Gasteiger partial charge in [0.1, 0.15) is 5.75 Å². The molecule has 2 N–H and O–H groups in total. The average Bonchev–Trinajstić information content (AvgIpc) is 2.16. The minimum atomic E-state index is -3.30. The number of rotatable bonds is 4. The van der Waals surface area contributed by atoms with Crippen LogP contribution in [0.3, 0.4) is 0 Å². The number of benzene rings is 1. The minimum absolute atomic E-state index is 0.0337. The van der Waals surface area contributed by atoms with Crippen LogP contribution in [0.1, 0.15) is 11.1 Å². The van der Waals surface area contributed by atoms with Gasteiger partial charge < -0.3 is 5.73 Å². The van der Waals surface area contributed by atoms with Crippen LogP contribution >= 0.6 is 12.2 Å². The number of sulfone groups is 1. The van der Waals surface area contributed by atoms with Gasteiger partial charge in [0.15, 0.2) is 9.84 Å². The van der Waals surface area contributed by atoms with Crippen LogP contribution in [0.15, 0.2) is 24.3 Å². The summed E-state index contributed by atoms with van der Waals surface area (Å²) in [6.45, 7) is 0. The Balaban J connectivity index is 2.81. The first-order valence-corrected chi connectivity index (χ1v) is 6.64. The van der Waals surface area contributed by atoms with E-state index in [1.54, 1.807) is 24.3 Å². The molecule has 84 valence electrons. The molecule has 4 nitrogen and oxygen atoms in total. The zero-order chi connectivity index (χ0) is 12.2. The second-order valence-electron chi connectivity index (χ2n) is 3.31. The summed E-state index contributed by atoms with van der Waals surface area (Å²) >= 11 is 4.55. The van der Waals surface area contributed by atoms with Gasteiger partial charge >= 0.3 is 0 Å². The Kier molecular flexibility index (Phi) is 3.99. The predicted octanol–water partition coefficient (Wildman–Crippen LogP) is 0.759. The summed E-state index contributed by atoms with van der Waals surface area (Å²) in [6, 6.07) is 8.32. The molecule has 0 saturated heterocycles. The normalized spacial score (nSPS) is 10.7. The van der Waals surface area contributed by atoms with Crippen molar-refractivity contribution >= 4 is 27.0 Å². The zero-order valence-corrected chi connectivity index (χ0v) is 10.0. The highest BCUT2D eigenvalue weighted by Crippen LogP contribution is 2.08. The van der Waals surface area contributed by atoms with E-state index in [0.29, 0.717) is 11.1 Å². The fourth-order valence-corrected chi connectivity index (χ4v) is 2.97. The van der Waals surface area contributed by atoms with Crippen molar-refractivity contribution in [2.24, 2.45) is 5.73 Å². The molecule has 1 aromatic rings. The first-order chi connectivity index (χ1) is 7.43. The number of nitriles is 1. The van der Waals surface area contributed by atoms with Crippen LogP contribution in [0.2, 0.25) is 0 Å². The topological polar surface area (TPSA) is 84.0 Å². The van der Waals surface area contributed by atoms with E-state index in [2.05, 4.69) is 12.2 Å². The van der Waals surface area contributed by atoms with E-state index in [-0.39, 0.29) is 16.5 Å². The van der Waals surface area contributed by atoms with Gasteiger partial charge in [0.05, 0.1) is 22.4 Å². The van der Waals surface area contributed by atoms with Crippen molar-refractivity contribution in [3.8, 4) is 6.07 Å². The molecule has 0 heterocycles. The van der Waals surface area contributed by atoms with Gasteiger partial charge in [-0.05, 0) is 17.7 Å². The molecule has 0 aliphatic heterocycles. The van der Waals surface area contributed by atoms with Crippen LogP contribution in [0.4, 0.5) is 0 Å². The number of nitrogens with two attached hydrogens (primary N) is 1. The molecular formula is C10H10N2O2S2. The van der Waals surface area contributed by atoms with Gasteiger partial charge in [-0.3, -0.25) is 0 Å². The van der Waals surface area contributed by atoms with Crippen LogP contribution in [-0.2, 0) is 15.6 Å². The molecular weight excluding hydrogens is 244 g/mol. The van der Waals surface area contributed by atoms with E-state index in [1.807, 2.05) is 6.07 Å². The largest absolute Gasteiger partial charge is 0.392 e. The zero-order valence-electron chi connectivity index (χ0n) is 8.38. The lowest BCUT2D eigenvalue weighted by atomic mass is 10.2. The fraction of sp³-hybridized carbons (Fsp3) is 0.200. The van der Waals surface area contributed by atoms with Gasteiger partial charge in [0, 0.05) is 0 Å². The molecule has 6 heteroatoms. The van der Waals surface area contributed by atoms with Crippen molar-refractivity contribution in [2.45, 2.75) is 5.75 Å². The molecule has 0 spiro atoms. The average molecular weight is 254 g/mol. The first kappa shape index (κ1) is 12.6. The van der Waals surface area contributed by atoms with E-state index in [9.17, 15) is 8.42 Å². The van der Waals surface area contributed by atoms with E-state index >= 15 is 0 Å². The molecule has 16 heavy (non-hydrogen) atoms. The smallest absolute Gasteiger partial charge is 0.160 e. The summed E-state index contributed by atoms with van der Waals surface area (Å²) in [6.07, 6.45) is 0. The van der Waals surface area contributed by atoms with Crippen molar-refractivity contribution in [2.75, 3.05) is 5.75 Å². The van der Waals surface area contributed by atoms with E-state index < -0.39 is 9.84 Å². The van der Waals surface area contributed by atoms with Crippen molar-refractivity contribution in [1.29, 1.82) is 5.26 Å². The Bertz CT molecular complexity index is 527. The van der Waals surface area contributed by atoms with Crippen molar-refractivity contribution in [1.82, 2.24) is 0 Å². The third-order valence-corrected chi connectivity index (χ3v) is 3.68. The van der Waals surface area contributed by atoms with Gasteiger partial charge in [-0.15, -0.1) is 0 Å². The molecule has 1 rings (SSSR count). The molecule has 0 amide bonds. The third kappa shape index (κ3) is 3.96. The lowest BCUT2D eigenvalue weighted by molar-refractivity contribution is 0.599. The Morgan fingerprint density at radius 1 is 1.38 bits per heavy atom. The van der Waals surface area contributed by atoms with Crippen LogP contribution in [0, 0.1) is 11.3 Å². The lowest BCUT2D eigenvalue weighted by Gasteiger charge is -2.03. The second kappa shape index (κ2) is 5.05. The Hall–Kier alpha value is -1.45. The van der Waals surface area contributed by atoms with Crippen molar-refractivity contribution in [3.05, 3.63) is 35.4 Å². The van der Waals surface area contributed by atoms with Gasteiger partial charge in [0.2, 0.25) is 0 Å². The van der Waals surface area contributed by atoms with Crippen LogP contribution in [0.25, 0.3) is 0 Å². The van der Waals surface area contributed by atoms with Crippen LogP contribution in [0.5, 0.6) is 0 Å². The fourth-order valence-electron chi connectivity index (χ4n) is 1.20. The predicted molar refractivity (Wildman–Crippen MR) is 65.4 cm³/mol. The number of thiocarbonyl (C=S) groups is 1. The summed E-state index contributed by atoms with van der Waals surface area (Å²) < 4.78 is 23.1. The molecule has 0 fully saturated rings. The maximum absolute atomic E-state index is 11.5. The van der Waals surface area contributed by atoms with Gasteiger partial charge in [-0.25, -0.2) is 8.42 Å². The summed E-state index contributed by atoms with van der Waals surface area (Å²) in [5.74, 6) is -0.404. The minimum Gasteiger partial charge on any atom is -0.392 e. The van der Waals surface area contributed by atoms with Crippen LogP contribution < -0.4 is 5.73 Å². The second-order valence-corrected chi connectivity index (χ2v) is 5.90. The molecule has 0 saturated carbocycles. The molecule has 0 aliphatic carbocycles. The standard InChI is InChI=1S/C10H10N2O2S2/c11-5-8-1-3-9(4-2-8)6-16(13,14)7-10(12)15/h1-4H,6-7H2,(H2,12,15). The molecule has 0 atom stereocenters. The van der Waals surface area contributed by atoms with E-state index in [4.69, 9.17) is 11.0 Å². The monoisotopic (exact) mass is 254 g/mol. The van der Waals surface area contributed by atoms with Crippen LogP contribution in [-0.4, -0.2) is 19.2 Å². The highest BCUT2D eigenvalue weighted by Gasteiger charge is 2.13. The molecule has 0 aromatic heterocycles. The Morgan fingerprint density at radius 2 is 1.94 bits per heavy atom. The molecule has 0 radical (unpaired) electrons. The lowest BCUT2D eigenvalue weighted by Crippen LogP contribution is -2.22. The van der Waals surface area contributed by atoms with Gasteiger partial charge in [-0.2, -0.15) is 5.26 Å². The Morgan fingerprint density at radius 3 is 2.38 bits per heavy atom. The number of hydrogen-bond acceptors (Lipinski definition) is 4. The van der Waals surface area contributed by atoms with E-state index in [0.717, 1.165) is 0 Å². The molecule has 0 aliphatic rings. The highest BCUT2D eigenvalue weighted by molar-refractivity contribution is 7.93. The highest BCUT2D eigenvalue weighted by atomic mass is 32.2. The molecule has 1 aromatic carbocycles. The first-order valence-electron chi connectivity index (χ1n) is 4.41. The van der Waals surface area contributed by atoms with Gasteiger partial charge in [-0.1, -0.05) is 24.4 Å². The number of nitrogens with zero attached hydrogens (tertiary/aromatic N) is 1. The number of hydrogen-bond donors (Lipinski definition) is 1. The maximum atomic E-state index is 11.5. The quantitative estimate of drug-likeness (QED) is 0.802. The SMILES string of the molecule is N#Cc1ccc(CS(=O)(=O)CC(N)=S)cc1. The van der Waals surface area contributed by atoms with Gasteiger partial charge in [0.25, 0.3) is 0 Å². The van der Waals surface area contributed by atoms with Crippen molar-refractivity contribution < 1.29 is 8.42 Å². The summed E-state index contributed by atoms with van der Waals surface area (Å²) in [7, 11) is -3.30. The van der Waals surface area contributed by atoms with Crippen molar-refractivity contribution in [3.63, 3.8) is 0 Å². The third-order valence-electron chi connectivity index (χ3n) is 1.83. The summed E-state index contributed by atoms with van der Waals surface area (Å²) in [5.41, 5.74) is 6.30. The summed E-state index contributed by atoms with van der Waals surface area (Å²) in [5, 5.41) is 8.58. The van der Waals surface area contributed by atoms with E-state index in [1.165, 1.54) is 0 Å². The Labute approximate surface area is 99.6 Å². The maximum Gasteiger partial charge on any atom is 0.160 e. The molecule has 0 unspecified atom stereocenters.